The van der Waals surface area contributed by atoms with Gasteiger partial charge in [0.2, 0.25) is 0 Å². The Kier molecular flexibility index (Phi) is 4.44. The number of hydrogen-bond acceptors (Lipinski definition) is 6. The first-order chi connectivity index (χ1) is 12.7. The van der Waals surface area contributed by atoms with Gasteiger partial charge in [-0.15, -0.1) is 0 Å². The quantitative estimate of drug-likeness (QED) is 0.519. The molecule has 9 heteroatoms. The van der Waals surface area contributed by atoms with Crippen molar-refractivity contribution < 1.29 is 5.11 Å². The van der Waals surface area contributed by atoms with Gasteiger partial charge in [0.1, 0.15) is 5.82 Å². The predicted octanol–water partition coefficient (Wildman–Crippen LogP) is 1.35. The van der Waals surface area contributed by atoms with Crippen molar-refractivity contribution in [2.75, 3.05) is 6.61 Å². The summed E-state index contributed by atoms with van der Waals surface area (Å²) >= 11 is 0. The van der Waals surface area contributed by atoms with E-state index < -0.39 is 0 Å². The third kappa shape index (κ3) is 3.21. The summed E-state index contributed by atoms with van der Waals surface area (Å²) in [4.78, 5) is 20.8. The van der Waals surface area contributed by atoms with Crippen LogP contribution in [-0.4, -0.2) is 51.0 Å². The van der Waals surface area contributed by atoms with Crippen LogP contribution >= 0.6 is 0 Å². The molecule has 0 saturated heterocycles. The van der Waals surface area contributed by atoms with Crippen molar-refractivity contribution >= 4 is 11.2 Å². The standard InChI is InChI=1S/C17H20N8O/c1-12-20-15-13(3-5-19-16(15)21-12)17-22-14(23-25(17)7-2-10-26)4-8-24-9-6-18-11-24/h3,5-6,9,11,26H,2,4,7-8,10H2,1H3,(H,19,20,21). The number of hydrogen-bond donors (Lipinski definition) is 2. The van der Waals surface area contributed by atoms with Gasteiger partial charge in [0.25, 0.3) is 0 Å². The lowest BCUT2D eigenvalue weighted by Gasteiger charge is -2.05. The van der Waals surface area contributed by atoms with E-state index in [0.717, 1.165) is 35.1 Å². The average molecular weight is 352 g/mol. The molecule has 0 aliphatic heterocycles. The van der Waals surface area contributed by atoms with E-state index in [1.54, 1.807) is 18.7 Å². The van der Waals surface area contributed by atoms with Crippen molar-refractivity contribution in [2.45, 2.75) is 32.9 Å². The highest BCUT2D eigenvalue weighted by molar-refractivity contribution is 5.87. The zero-order valence-corrected chi connectivity index (χ0v) is 14.5. The second-order valence-electron chi connectivity index (χ2n) is 6.08. The molecule has 0 radical (unpaired) electrons. The summed E-state index contributed by atoms with van der Waals surface area (Å²) in [6, 6.07) is 1.92. The number of aromatic nitrogens is 8. The Morgan fingerprint density at radius 1 is 1.19 bits per heavy atom. The first-order valence-electron chi connectivity index (χ1n) is 8.56. The van der Waals surface area contributed by atoms with Gasteiger partial charge >= 0.3 is 0 Å². The van der Waals surface area contributed by atoms with E-state index in [9.17, 15) is 5.11 Å². The van der Waals surface area contributed by atoms with Gasteiger partial charge in [-0.25, -0.2) is 24.6 Å². The summed E-state index contributed by atoms with van der Waals surface area (Å²) in [5, 5.41) is 13.8. The molecule has 0 aliphatic rings. The largest absolute Gasteiger partial charge is 0.396 e. The molecular weight excluding hydrogens is 332 g/mol. The number of rotatable bonds is 7. The first kappa shape index (κ1) is 16.4. The van der Waals surface area contributed by atoms with Gasteiger partial charge in [0.05, 0.1) is 11.8 Å². The minimum absolute atomic E-state index is 0.110. The summed E-state index contributed by atoms with van der Waals surface area (Å²) in [5.41, 5.74) is 2.43. The van der Waals surface area contributed by atoms with E-state index in [-0.39, 0.29) is 6.61 Å². The maximum absolute atomic E-state index is 9.20. The number of nitrogens with one attached hydrogen (secondary N) is 1. The number of fused-ring (bicyclic) bond motifs is 1. The predicted molar refractivity (Wildman–Crippen MR) is 95.3 cm³/mol. The van der Waals surface area contributed by atoms with Crippen molar-refractivity contribution in [1.29, 1.82) is 0 Å². The van der Waals surface area contributed by atoms with Crippen LogP contribution in [0.3, 0.4) is 0 Å². The zero-order chi connectivity index (χ0) is 17.9. The number of aliphatic hydroxyl groups is 1. The second-order valence-corrected chi connectivity index (χ2v) is 6.08. The van der Waals surface area contributed by atoms with Crippen molar-refractivity contribution in [3.05, 3.63) is 42.6 Å². The van der Waals surface area contributed by atoms with E-state index in [2.05, 4.69) is 25.0 Å². The van der Waals surface area contributed by atoms with E-state index in [1.165, 1.54) is 0 Å². The number of aliphatic hydroxyl groups excluding tert-OH is 1. The Balaban J connectivity index is 1.70. The van der Waals surface area contributed by atoms with Crippen LogP contribution in [0.1, 0.15) is 18.1 Å². The fourth-order valence-corrected chi connectivity index (χ4v) is 2.93. The van der Waals surface area contributed by atoms with E-state index in [4.69, 9.17) is 4.98 Å². The Morgan fingerprint density at radius 2 is 2.12 bits per heavy atom. The van der Waals surface area contributed by atoms with Gasteiger partial charge < -0.3 is 14.7 Å². The molecule has 0 spiro atoms. The van der Waals surface area contributed by atoms with Gasteiger partial charge in [-0.05, 0) is 19.4 Å². The van der Waals surface area contributed by atoms with Crippen LogP contribution in [0.15, 0.2) is 31.0 Å². The molecule has 4 aromatic rings. The topological polar surface area (TPSA) is 110 Å². The average Bonchev–Trinajstić information content (AvgIpc) is 3.36. The molecule has 0 amide bonds. The van der Waals surface area contributed by atoms with Gasteiger partial charge in [0, 0.05) is 50.3 Å². The molecule has 0 aromatic carbocycles. The molecule has 0 atom stereocenters. The number of aromatic amines is 1. The monoisotopic (exact) mass is 352 g/mol. The molecule has 0 unspecified atom stereocenters. The number of pyridine rings is 1. The molecule has 2 N–H and O–H groups in total. The van der Waals surface area contributed by atoms with E-state index in [1.807, 2.05) is 28.4 Å². The maximum atomic E-state index is 9.20. The lowest BCUT2D eigenvalue weighted by molar-refractivity contribution is 0.277. The Hall–Kier alpha value is -3.07. The van der Waals surface area contributed by atoms with Crippen LogP contribution in [0.25, 0.3) is 22.6 Å². The first-order valence-corrected chi connectivity index (χ1v) is 8.56. The van der Waals surface area contributed by atoms with E-state index in [0.29, 0.717) is 25.0 Å². The molecule has 4 rings (SSSR count). The summed E-state index contributed by atoms with van der Waals surface area (Å²) in [5.74, 6) is 2.32. The van der Waals surface area contributed by atoms with Crippen LogP contribution in [0.4, 0.5) is 0 Å². The molecule has 0 fully saturated rings. The minimum Gasteiger partial charge on any atom is -0.396 e. The molecule has 4 aromatic heterocycles. The number of imidazole rings is 2. The van der Waals surface area contributed by atoms with Crippen LogP contribution in [0.5, 0.6) is 0 Å². The molecule has 4 heterocycles. The summed E-state index contributed by atoms with van der Waals surface area (Å²) in [6.07, 6.45) is 8.51. The van der Waals surface area contributed by atoms with Crippen LogP contribution in [0.2, 0.25) is 0 Å². The smallest absolute Gasteiger partial charge is 0.178 e. The van der Waals surface area contributed by atoms with Crippen molar-refractivity contribution in [2.24, 2.45) is 0 Å². The summed E-state index contributed by atoms with van der Waals surface area (Å²) < 4.78 is 3.85. The molecule has 0 bridgehead atoms. The lowest BCUT2D eigenvalue weighted by atomic mass is 10.2. The SMILES string of the molecule is Cc1nc2nccc(-c3nc(CCn4ccnc4)nn3CCCO)c2[nH]1. The molecular formula is C17H20N8O. The Morgan fingerprint density at radius 3 is 2.92 bits per heavy atom. The lowest BCUT2D eigenvalue weighted by Crippen LogP contribution is -2.06. The van der Waals surface area contributed by atoms with E-state index >= 15 is 0 Å². The molecule has 0 saturated carbocycles. The van der Waals surface area contributed by atoms with Crippen LogP contribution < -0.4 is 0 Å². The van der Waals surface area contributed by atoms with Gasteiger partial charge in [-0.3, -0.25) is 0 Å². The summed E-state index contributed by atoms with van der Waals surface area (Å²) in [6.45, 7) is 3.37. The highest BCUT2D eigenvalue weighted by atomic mass is 16.3. The number of H-pyrrole nitrogens is 1. The van der Waals surface area contributed by atoms with Crippen molar-refractivity contribution in [1.82, 2.24) is 39.3 Å². The summed E-state index contributed by atoms with van der Waals surface area (Å²) in [7, 11) is 0. The van der Waals surface area contributed by atoms with Gasteiger partial charge in [-0.1, -0.05) is 0 Å². The maximum Gasteiger partial charge on any atom is 0.178 e. The highest BCUT2D eigenvalue weighted by Crippen LogP contribution is 2.25. The number of aryl methyl sites for hydroxylation is 4. The molecule has 134 valence electrons. The third-order valence-corrected chi connectivity index (χ3v) is 4.15. The fraction of sp³-hybridized carbons (Fsp3) is 0.353. The normalized spacial score (nSPS) is 11.5. The van der Waals surface area contributed by atoms with Gasteiger partial charge in [0.15, 0.2) is 17.3 Å². The second kappa shape index (κ2) is 7.04. The third-order valence-electron chi connectivity index (χ3n) is 4.15. The van der Waals surface area contributed by atoms with Crippen LogP contribution in [-0.2, 0) is 19.5 Å². The van der Waals surface area contributed by atoms with Crippen molar-refractivity contribution in [3.63, 3.8) is 0 Å². The fourth-order valence-electron chi connectivity index (χ4n) is 2.93. The molecule has 0 aliphatic carbocycles. The Bertz CT molecular complexity index is 1000. The minimum atomic E-state index is 0.110. The number of nitrogens with zero attached hydrogens (tertiary/aromatic N) is 7. The molecule has 26 heavy (non-hydrogen) atoms. The van der Waals surface area contributed by atoms with Crippen LogP contribution in [0, 0.1) is 6.92 Å². The Labute approximate surface area is 149 Å². The van der Waals surface area contributed by atoms with Crippen molar-refractivity contribution in [3.8, 4) is 11.4 Å². The molecule has 9 nitrogen and oxygen atoms in total. The highest BCUT2D eigenvalue weighted by Gasteiger charge is 2.16. The zero-order valence-electron chi connectivity index (χ0n) is 14.5. The van der Waals surface area contributed by atoms with Gasteiger partial charge in [-0.2, -0.15) is 5.10 Å².